The zero-order chi connectivity index (χ0) is 19.7. The predicted octanol–water partition coefficient (Wildman–Crippen LogP) is 3.87. The first kappa shape index (κ1) is 18.4. The number of para-hydroxylation sites is 2. The smallest absolute Gasteiger partial charge is 0.303 e. The number of halogens is 1. The fourth-order valence-electron chi connectivity index (χ4n) is 3.23. The Labute approximate surface area is 169 Å². The van der Waals surface area contributed by atoms with Crippen LogP contribution in [-0.4, -0.2) is 37.7 Å². The van der Waals surface area contributed by atoms with Gasteiger partial charge in [0.25, 0.3) is 0 Å². The lowest BCUT2D eigenvalue weighted by Gasteiger charge is -2.19. The number of aliphatic carboxylic acids is 1. The van der Waals surface area contributed by atoms with Crippen LogP contribution in [0.2, 0.25) is 0 Å². The molecule has 1 atom stereocenters. The van der Waals surface area contributed by atoms with E-state index in [0.717, 1.165) is 26.8 Å². The molecule has 8 heteroatoms. The van der Waals surface area contributed by atoms with Crippen LogP contribution < -0.4 is 0 Å². The Kier molecular flexibility index (Phi) is 4.95. The Hall–Kier alpha value is -3.00. The Bertz CT molecular complexity index is 1040. The van der Waals surface area contributed by atoms with E-state index in [2.05, 4.69) is 31.0 Å². The summed E-state index contributed by atoms with van der Waals surface area (Å²) >= 11 is 3.42. The molecule has 7 nitrogen and oxygen atoms in total. The van der Waals surface area contributed by atoms with E-state index in [1.807, 2.05) is 48.5 Å². The van der Waals surface area contributed by atoms with Crippen molar-refractivity contribution in [1.82, 2.24) is 15.0 Å². The van der Waals surface area contributed by atoms with Crippen LogP contribution in [0.5, 0.6) is 0 Å². The number of carbonyl (C=O) groups excluding carboxylic acids is 1. The van der Waals surface area contributed by atoms with Crippen LogP contribution in [0.1, 0.15) is 36.7 Å². The summed E-state index contributed by atoms with van der Waals surface area (Å²) in [5.41, 5.74) is 3.37. The number of H-pyrrole nitrogens is 1. The number of hydrogen-bond acceptors (Lipinski definition) is 4. The lowest BCUT2D eigenvalue weighted by molar-refractivity contribution is -0.141. The van der Waals surface area contributed by atoms with Crippen LogP contribution in [0.25, 0.3) is 11.0 Å². The summed E-state index contributed by atoms with van der Waals surface area (Å²) in [4.78, 5) is 31.4. The lowest BCUT2D eigenvalue weighted by atomic mass is 10.0. The lowest BCUT2D eigenvalue weighted by Crippen LogP contribution is -2.28. The van der Waals surface area contributed by atoms with Crippen molar-refractivity contribution < 1.29 is 14.7 Å². The first-order valence-corrected chi connectivity index (χ1v) is 9.62. The minimum absolute atomic E-state index is 0.108. The van der Waals surface area contributed by atoms with Crippen molar-refractivity contribution in [3.63, 3.8) is 0 Å². The maximum atomic E-state index is 12.7. The zero-order valence-corrected chi connectivity index (χ0v) is 16.4. The molecule has 0 fully saturated rings. The number of aromatic nitrogens is 2. The van der Waals surface area contributed by atoms with Crippen molar-refractivity contribution in [2.45, 2.75) is 25.3 Å². The molecule has 1 amide bonds. The van der Waals surface area contributed by atoms with E-state index >= 15 is 0 Å². The van der Waals surface area contributed by atoms with Crippen LogP contribution in [0, 0.1) is 0 Å². The van der Waals surface area contributed by atoms with Crippen LogP contribution in [0.15, 0.2) is 58.1 Å². The molecule has 142 valence electrons. The van der Waals surface area contributed by atoms with Crippen molar-refractivity contribution in [1.29, 1.82) is 0 Å². The van der Waals surface area contributed by atoms with E-state index in [0.29, 0.717) is 12.2 Å². The predicted molar refractivity (Wildman–Crippen MR) is 108 cm³/mol. The molecule has 3 aromatic rings. The number of hydrazone groups is 1. The van der Waals surface area contributed by atoms with Gasteiger partial charge in [-0.1, -0.05) is 40.2 Å². The van der Waals surface area contributed by atoms with E-state index in [1.165, 1.54) is 5.01 Å². The molecule has 0 radical (unpaired) electrons. The third-order valence-corrected chi connectivity index (χ3v) is 5.15. The highest BCUT2D eigenvalue weighted by Gasteiger charge is 2.35. The van der Waals surface area contributed by atoms with Gasteiger partial charge in [-0.15, -0.1) is 0 Å². The zero-order valence-electron chi connectivity index (χ0n) is 14.8. The standard InChI is InChI=1S/C20H17BrN4O3/c21-13-7-5-12(6-8-13)16-11-17(25(24-16)18(26)9-10-19(27)28)20-22-14-3-1-2-4-15(14)23-20/h1-8,17H,9-11H2,(H,22,23)(H,27,28). The Balaban J connectivity index is 1.67. The van der Waals surface area contributed by atoms with Gasteiger partial charge < -0.3 is 10.1 Å². The number of imidazole rings is 1. The van der Waals surface area contributed by atoms with Gasteiger partial charge >= 0.3 is 5.97 Å². The Morgan fingerprint density at radius 1 is 1.14 bits per heavy atom. The molecule has 28 heavy (non-hydrogen) atoms. The highest BCUT2D eigenvalue weighted by Crippen LogP contribution is 2.33. The van der Waals surface area contributed by atoms with E-state index < -0.39 is 12.0 Å². The van der Waals surface area contributed by atoms with Gasteiger partial charge in [-0.2, -0.15) is 5.10 Å². The summed E-state index contributed by atoms with van der Waals surface area (Å²) in [6, 6.07) is 15.0. The monoisotopic (exact) mass is 440 g/mol. The van der Waals surface area contributed by atoms with E-state index in [9.17, 15) is 9.59 Å². The molecule has 1 aliphatic rings. The minimum atomic E-state index is -1.01. The van der Waals surface area contributed by atoms with E-state index in [-0.39, 0.29) is 18.7 Å². The summed E-state index contributed by atoms with van der Waals surface area (Å²) < 4.78 is 0.957. The number of carbonyl (C=O) groups is 2. The van der Waals surface area contributed by atoms with Gasteiger partial charge in [0.05, 0.1) is 23.2 Å². The van der Waals surface area contributed by atoms with Crippen LogP contribution in [0.3, 0.4) is 0 Å². The average Bonchev–Trinajstić information content (AvgIpc) is 3.30. The Morgan fingerprint density at radius 2 is 1.89 bits per heavy atom. The number of aromatic amines is 1. The maximum Gasteiger partial charge on any atom is 0.303 e. The minimum Gasteiger partial charge on any atom is -0.481 e. The van der Waals surface area contributed by atoms with Gasteiger partial charge in [-0.25, -0.2) is 9.99 Å². The molecule has 2 heterocycles. The van der Waals surface area contributed by atoms with E-state index in [1.54, 1.807) is 0 Å². The van der Waals surface area contributed by atoms with Gasteiger partial charge in [0.1, 0.15) is 11.9 Å². The second-order valence-corrected chi connectivity index (χ2v) is 7.46. The number of fused-ring (bicyclic) bond motifs is 1. The molecular formula is C20H17BrN4O3. The number of carboxylic acids is 1. The van der Waals surface area contributed by atoms with Crippen molar-refractivity contribution in [2.24, 2.45) is 5.10 Å². The molecule has 0 aliphatic carbocycles. The molecule has 1 aromatic heterocycles. The van der Waals surface area contributed by atoms with Crippen molar-refractivity contribution in [2.75, 3.05) is 0 Å². The topological polar surface area (TPSA) is 98.7 Å². The fraction of sp³-hybridized carbons (Fsp3) is 0.200. The summed E-state index contributed by atoms with van der Waals surface area (Å²) in [7, 11) is 0. The number of hydrogen-bond donors (Lipinski definition) is 2. The number of nitrogens with one attached hydrogen (secondary N) is 1. The molecule has 0 spiro atoms. The molecule has 0 saturated carbocycles. The maximum absolute atomic E-state index is 12.7. The summed E-state index contributed by atoms with van der Waals surface area (Å²) in [6.07, 6.45) is 0.161. The van der Waals surface area contributed by atoms with Crippen LogP contribution in [0.4, 0.5) is 0 Å². The summed E-state index contributed by atoms with van der Waals surface area (Å²) in [5, 5.41) is 14.8. The number of benzene rings is 2. The fourth-order valence-corrected chi connectivity index (χ4v) is 3.49. The molecule has 0 saturated heterocycles. The quantitative estimate of drug-likeness (QED) is 0.628. The van der Waals surface area contributed by atoms with Gasteiger partial charge in [0, 0.05) is 17.3 Å². The Morgan fingerprint density at radius 3 is 2.61 bits per heavy atom. The molecule has 2 aromatic carbocycles. The normalized spacial score (nSPS) is 16.4. The van der Waals surface area contributed by atoms with Crippen LogP contribution >= 0.6 is 15.9 Å². The second-order valence-electron chi connectivity index (χ2n) is 6.54. The highest BCUT2D eigenvalue weighted by atomic mass is 79.9. The molecule has 1 aliphatic heterocycles. The van der Waals surface area contributed by atoms with Crippen LogP contribution in [-0.2, 0) is 9.59 Å². The summed E-state index contributed by atoms with van der Waals surface area (Å²) in [5.74, 6) is -0.703. The third-order valence-electron chi connectivity index (χ3n) is 4.62. The van der Waals surface area contributed by atoms with Gasteiger partial charge in [0.2, 0.25) is 5.91 Å². The largest absolute Gasteiger partial charge is 0.481 e. The molecule has 4 rings (SSSR count). The van der Waals surface area contributed by atoms with Crippen molar-refractivity contribution in [3.05, 3.63) is 64.4 Å². The van der Waals surface area contributed by atoms with Crippen molar-refractivity contribution in [3.8, 4) is 0 Å². The first-order valence-electron chi connectivity index (χ1n) is 8.83. The van der Waals surface area contributed by atoms with E-state index in [4.69, 9.17) is 5.11 Å². The number of carboxylic acid groups (broad SMARTS) is 1. The number of amides is 1. The average molecular weight is 441 g/mol. The number of nitrogens with zero attached hydrogens (tertiary/aromatic N) is 3. The molecule has 2 N–H and O–H groups in total. The highest BCUT2D eigenvalue weighted by molar-refractivity contribution is 9.10. The summed E-state index contributed by atoms with van der Waals surface area (Å²) in [6.45, 7) is 0. The second kappa shape index (κ2) is 7.55. The first-order chi connectivity index (χ1) is 13.5. The van der Waals surface area contributed by atoms with Gasteiger partial charge in [-0.3, -0.25) is 9.59 Å². The van der Waals surface area contributed by atoms with Gasteiger partial charge in [0.15, 0.2) is 0 Å². The molecule has 1 unspecified atom stereocenters. The SMILES string of the molecule is O=C(O)CCC(=O)N1N=C(c2ccc(Br)cc2)CC1c1nc2ccccc2[nH]1. The third kappa shape index (κ3) is 3.68. The van der Waals surface area contributed by atoms with Crippen molar-refractivity contribution >= 4 is 44.6 Å². The number of rotatable bonds is 5. The van der Waals surface area contributed by atoms with Gasteiger partial charge in [-0.05, 0) is 29.8 Å². The molecular weight excluding hydrogens is 424 g/mol. The molecule has 0 bridgehead atoms.